The molecule has 0 aliphatic heterocycles. The highest BCUT2D eigenvalue weighted by atomic mass is 16.4. The van der Waals surface area contributed by atoms with Gasteiger partial charge < -0.3 is 5.11 Å². The zero-order valence-corrected chi connectivity index (χ0v) is 7.53. The SMILES string of the molecule is Cn1cc(C(=O)O)c(C2CCC2)n1. The first-order valence-corrected chi connectivity index (χ1v) is 4.45. The lowest BCUT2D eigenvalue weighted by atomic mass is 9.82. The molecule has 4 nitrogen and oxygen atoms in total. The van der Waals surface area contributed by atoms with Crippen LogP contribution in [0.15, 0.2) is 6.20 Å². The molecule has 1 aliphatic rings. The minimum atomic E-state index is -0.866. The Morgan fingerprint density at radius 1 is 1.69 bits per heavy atom. The number of aromatic carboxylic acids is 1. The van der Waals surface area contributed by atoms with E-state index < -0.39 is 5.97 Å². The van der Waals surface area contributed by atoms with Crippen molar-refractivity contribution >= 4 is 5.97 Å². The monoisotopic (exact) mass is 180 g/mol. The topological polar surface area (TPSA) is 55.1 Å². The molecule has 1 N–H and O–H groups in total. The summed E-state index contributed by atoms with van der Waals surface area (Å²) in [6.45, 7) is 0. The zero-order chi connectivity index (χ0) is 9.42. The predicted molar refractivity (Wildman–Crippen MR) is 46.8 cm³/mol. The number of carboxylic acids is 1. The quantitative estimate of drug-likeness (QED) is 0.748. The maximum Gasteiger partial charge on any atom is 0.339 e. The summed E-state index contributed by atoms with van der Waals surface area (Å²) in [6, 6.07) is 0. The van der Waals surface area contributed by atoms with Gasteiger partial charge in [-0.3, -0.25) is 4.68 Å². The van der Waals surface area contributed by atoms with Crippen molar-refractivity contribution in [3.8, 4) is 0 Å². The Morgan fingerprint density at radius 2 is 2.38 bits per heavy atom. The molecular weight excluding hydrogens is 168 g/mol. The first kappa shape index (κ1) is 8.29. The molecular formula is C9H12N2O2. The summed E-state index contributed by atoms with van der Waals surface area (Å²) in [4.78, 5) is 10.8. The third-order valence-electron chi connectivity index (χ3n) is 2.58. The van der Waals surface area contributed by atoms with E-state index in [1.807, 2.05) is 0 Å². The lowest BCUT2D eigenvalue weighted by Crippen LogP contribution is -2.13. The standard InChI is InChI=1S/C9H12N2O2/c1-11-5-7(9(12)13)8(10-11)6-3-2-4-6/h5-6H,2-4H2,1H3,(H,12,13). The van der Waals surface area contributed by atoms with E-state index in [9.17, 15) is 4.79 Å². The smallest absolute Gasteiger partial charge is 0.339 e. The lowest BCUT2D eigenvalue weighted by Gasteiger charge is -2.23. The van der Waals surface area contributed by atoms with Gasteiger partial charge in [0.15, 0.2) is 0 Å². The third kappa shape index (κ3) is 1.32. The van der Waals surface area contributed by atoms with Crippen LogP contribution >= 0.6 is 0 Å². The van der Waals surface area contributed by atoms with E-state index in [-0.39, 0.29) is 0 Å². The van der Waals surface area contributed by atoms with Gasteiger partial charge in [0.25, 0.3) is 0 Å². The number of aromatic nitrogens is 2. The maximum atomic E-state index is 10.8. The second-order valence-corrected chi connectivity index (χ2v) is 3.53. The van der Waals surface area contributed by atoms with Gasteiger partial charge in [0, 0.05) is 19.2 Å². The maximum absolute atomic E-state index is 10.8. The number of nitrogens with zero attached hydrogens (tertiary/aromatic N) is 2. The average molecular weight is 180 g/mol. The number of carboxylic acid groups (broad SMARTS) is 1. The molecule has 2 rings (SSSR count). The number of rotatable bonds is 2. The minimum absolute atomic E-state index is 0.368. The molecule has 0 atom stereocenters. The van der Waals surface area contributed by atoms with Crippen LogP contribution in [0.2, 0.25) is 0 Å². The zero-order valence-electron chi connectivity index (χ0n) is 7.53. The largest absolute Gasteiger partial charge is 0.478 e. The summed E-state index contributed by atoms with van der Waals surface area (Å²) < 4.78 is 1.58. The number of carbonyl (C=O) groups is 1. The van der Waals surface area contributed by atoms with E-state index in [1.54, 1.807) is 17.9 Å². The van der Waals surface area contributed by atoms with Gasteiger partial charge in [0.1, 0.15) is 5.56 Å². The van der Waals surface area contributed by atoms with Crippen molar-refractivity contribution in [2.75, 3.05) is 0 Å². The fourth-order valence-corrected chi connectivity index (χ4v) is 1.65. The number of hydrogen-bond donors (Lipinski definition) is 1. The number of hydrogen-bond acceptors (Lipinski definition) is 2. The van der Waals surface area contributed by atoms with Crippen LogP contribution in [0.4, 0.5) is 0 Å². The fourth-order valence-electron chi connectivity index (χ4n) is 1.65. The van der Waals surface area contributed by atoms with Gasteiger partial charge in [-0.05, 0) is 12.8 Å². The summed E-state index contributed by atoms with van der Waals surface area (Å²) in [7, 11) is 1.76. The number of aryl methyl sites for hydroxylation is 1. The van der Waals surface area contributed by atoms with Crippen molar-refractivity contribution in [3.05, 3.63) is 17.5 Å². The van der Waals surface area contributed by atoms with Gasteiger partial charge >= 0.3 is 5.97 Å². The molecule has 0 unspecified atom stereocenters. The van der Waals surface area contributed by atoms with E-state index in [4.69, 9.17) is 5.11 Å². The van der Waals surface area contributed by atoms with Crippen molar-refractivity contribution in [3.63, 3.8) is 0 Å². The van der Waals surface area contributed by atoms with Crippen LogP contribution in [0, 0.1) is 0 Å². The highest BCUT2D eigenvalue weighted by Gasteiger charge is 2.27. The van der Waals surface area contributed by atoms with Crippen LogP contribution in [0.5, 0.6) is 0 Å². The normalized spacial score (nSPS) is 17.0. The highest BCUT2D eigenvalue weighted by molar-refractivity contribution is 5.88. The highest BCUT2D eigenvalue weighted by Crippen LogP contribution is 2.36. The second kappa shape index (κ2) is 2.87. The van der Waals surface area contributed by atoms with Crippen LogP contribution < -0.4 is 0 Å². The molecule has 13 heavy (non-hydrogen) atoms. The van der Waals surface area contributed by atoms with Gasteiger partial charge in [0.05, 0.1) is 5.69 Å². The first-order chi connectivity index (χ1) is 6.18. The van der Waals surface area contributed by atoms with Gasteiger partial charge in [0.2, 0.25) is 0 Å². The van der Waals surface area contributed by atoms with Crippen molar-refractivity contribution in [2.45, 2.75) is 25.2 Å². The van der Waals surface area contributed by atoms with Crippen molar-refractivity contribution in [1.29, 1.82) is 0 Å². The Morgan fingerprint density at radius 3 is 2.85 bits per heavy atom. The lowest BCUT2D eigenvalue weighted by molar-refractivity contribution is 0.0694. The Hall–Kier alpha value is -1.32. The van der Waals surface area contributed by atoms with Gasteiger partial charge in [-0.15, -0.1) is 0 Å². The van der Waals surface area contributed by atoms with E-state index in [0.717, 1.165) is 18.5 Å². The molecule has 1 aromatic heterocycles. The Bertz CT molecular complexity index is 339. The molecule has 0 amide bonds. The van der Waals surface area contributed by atoms with Gasteiger partial charge in [-0.2, -0.15) is 5.10 Å². The molecule has 1 heterocycles. The van der Waals surface area contributed by atoms with Crippen LogP contribution in [-0.4, -0.2) is 20.9 Å². The van der Waals surface area contributed by atoms with Gasteiger partial charge in [-0.1, -0.05) is 6.42 Å². The molecule has 0 aromatic carbocycles. The van der Waals surface area contributed by atoms with Crippen LogP contribution in [0.25, 0.3) is 0 Å². The summed E-state index contributed by atoms with van der Waals surface area (Å²) in [6.07, 6.45) is 4.94. The molecule has 1 saturated carbocycles. The first-order valence-electron chi connectivity index (χ1n) is 4.45. The van der Waals surface area contributed by atoms with Crippen LogP contribution in [-0.2, 0) is 7.05 Å². The van der Waals surface area contributed by atoms with E-state index in [1.165, 1.54) is 6.42 Å². The van der Waals surface area contributed by atoms with Crippen molar-refractivity contribution < 1.29 is 9.90 Å². The molecule has 70 valence electrons. The molecule has 0 spiro atoms. The Balaban J connectivity index is 2.36. The predicted octanol–water partition coefficient (Wildman–Crippen LogP) is 1.39. The molecule has 1 fully saturated rings. The van der Waals surface area contributed by atoms with Crippen LogP contribution in [0.3, 0.4) is 0 Å². The molecule has 1 aliphatic carbocycles. The molecule has 4 heteroatoms. The fraction of sp³-hybridized carbons (Fsp3) is 0.556. The average Bonchev–Trinajstić information content (AvgIpc) is 2.27. The third-order valence-corrected chi connectivity index (χ3v) is 2.58. The van der Waals surface area contributed by atoms with E-state index >= 15 is 0 Å². The summed E-state index contributed by atoms with van der Waals surface area (Å²) >= 11 is 0. The van der Waals surface area contributed by atoms with E-state index in [2.05, 4.69) is 5.10 Å². The minimum Gasteiger partial charge on any atom is -0.478 e. The summed E-state index contributed by atoms with van der Waals surface area (Å²) in [5.41, 5.74) is 1.13. The van der Waals surface area contributed by atoms with Gasteiger partial charge in [-0.25, -0.2) is 4.79 Å². The molecule has 0 saturated heterocycles. The van der Waals surface area contributed by atoms with E-state index in [0.29, 0.717) is 11.5 Å². The Labute approximate surface area is 76.2 Å². The van der Waals surface area contributed by atoms with Crippen molar-refractivity contribution in [1.82, 2.24) is 9.78 Å². The Kier molecular flexibility index (Phi) is 1.83. The van der Waals surface area contributed by atoms with Crippen molar-refractivity contribution in [2.24, 2.45) is 7.05 Å². The summed E-state index contributed by atoms with van der Waals surface area (Å²) in [5, 5.41) is 13.1. The van der Waals surface area contributed by atoms with Crippen LogP contribution in [0.1, 0.15) is 41.2 Å². The second-order valence-electron chi connectivity index (χ2n) is 3.53. The summed E-state index contributed by atoms with van der Waals surface area (Å²) in [5.74, 6) is -0.484. The molecule has 0 bridgehead atoms. The molecule has 0 radical (unpaired) electrons. The molecule has 1 aromatic rings.